The van der Waals surface area contributed by atoms with E-state index in [0.717, 1.165) is 12.1 Å². The van der Waals surface area contributed by atoms with E-state index < -0.39 is 0 Å². The third-order valence-electron chi connectivity index (χ3n) is 1.27. The van der Waals surface area contributed by atoms with Crippen LogP contribution in [0.25, 0.3) is 0 Å². The van der Waals surface area contributed by atoms with Crippen molar-refractivity contribution in [1.82, 2.24) is 5.32 Å². The van der Waals surface area contributed by atoms with Crippen LogP contribution in [-0.4, -0.2) is 7.05 Å². The summed E-state index contributed by atoms with van der Waals surface area (Å²) in [6, 6.07) is 6.57. The third kappa shape index (κ3) is 7.74. The molecule has 0 spiro atoms. The van der Waals surface area contributed by atoms with Gasteiger partial charge in [0.2, 0.25) is 0 Å². The van der Waals surface area contributed by atoms with Crippen LogP contribution < -0.4 is 5.32 Å². The van der Waals surface area contributed by atoms with Gasteiger partial charge in [0.05, 0.1) is 0 Å². The lowest BCUT2D eigenvalue weighted by molar-refractivity contribution is 0.624. The lowest BCUT2D eigenvalue weighted by Gasteiger charge is -1.97. The smallest absolute Gasteiger partial charge is 0.123 e. The van der Waals surface area contributed by atoms with Crippen LogP contribution >= 0.6 is 0 Å². The van der Waals surface area contributed by atoms with Crippen LogP contribution in [0, 0.1) is 5.82 Å². The van der Waals surface area contributed by atoms with Crippen molar-refractivity contribution in [2.45, 2.75) is 34.2 Å². The Bertz CT molecular complexity index is 211. The predicted octanol–water partition coefficient (Wildman–Crippen LogP) is 3.60. The molecular formula is C12H22FN. The SMILES string of the molecule is CC.CC.CNCc1cccc(F)c1. The minimum atomic E-state index is -0.173. The summed E-state index contributed by atoms with van der Waals surface area (Å²) in [6.07, 6.45) is 0. The molecule has 1 aromatic rings. The van der Waals surface area contributed by atoms with Gasteiger partial charge < -0.3 is 5.32 Å². The molecule has 0 aliphatic rings. The van der Waals surface area contributed by atoms with Crippen LogP contribution in [0.15, 0.2) is 24.3 Å². The first-order valence-corrected chi connectivity index (χ1v) is 5.22. The highest BCUT2D eigenvalue weighted by molar-refractivity contribution is 5.15. The molecule has 0 saturated carbocycles. The molecule has 1 aromatic carbocycles. The van der Waals surface area contributed by atoms with Crippen molar-refractivity contribution in [2.24, 2.45) is 0 Å². The van der Waals surface area contributed by atoms with Crippen molar-refractivity contribution < 1.29 is 4.39 Å². The summed E-state index contributed by atoms with van der Waals surface area (Å²) in [5, 5.41) is 2.94. The highest BCUT2D eigenvalue weighted by Crippen LogP contribution is 2.01. The van der Waals surface area contributed by atoms with Gasteiger partial charge >= 0.3 is 0 Å². The Labute approximate surface area is 87.3 Å². The Morgan fingerprint density at radius 1 is 1.14 bits per heavy atom. The fraction of sp³-hybridized carbons (Fsp3) is 0.500. The first-order valence-electron chi connectivity index (χ1n) is 5.22. The van der Waals surface area contributed by atoms with Gasteiger partial charge in [-0.1, -0.05) is 39.8 Å². The van der Waals surface area contributed by atoms with Crippen LogP contribution in [-0.2, 0) is 6.54 Å². The van der Waals surface area contributed by atoms with Crippen LogP contribution in [0.5, 0.6) is 0 Å². The van der Waals surface area contributed by atoms with Crippen molar-refractivity contribution in [3.63, 3.8) is 0 Å². The molecule has 0 unspecified atom stereocenters. The van der Waals surface area contributed by atoms with Crippen LogP contribution in [0.4, 0.5) is 4.39 Å². The van der Waals surface area contributed by atoms with Crippen LogP contribution in [0.1, 0.15) is 33.3 Å². The second-order valence-electron chi connectivity index (χ2n) is 2.16. The van der Waals surface area contributed by atoms with E-state index in [1.54, 1.807) is 6.07 Å². The Kier molecular flexibility index (Phi) is 13.5. The summed E-state index contributed by atoms with van der Waals surface area (Å²) in [5.74, 6) is -0.173. The zero-order valence-electron chi connectivity index (χ0n) is 9.89. The maximum absolute atomic E-state index is 12.5. The normalized spacial score (nSPS) is 7.86. The van der Waals surface area contributed by atoms with Gasteiger partial charge in [0.1, 0.15) is 5.82 Å². The second kappa shape index (κ2) is 12.1. The molecule has 1 nitrogen and oxygen atoms in total. The Balaban J connectivity index is 0. The third-order valence-corrected chi connectivity index (χ3v) is 1.27. The molecule has 1 N–H and O–H groups in total. The zero-order chi connectivity index (χ0) is 11.4. The molecular weight excluding hydrogens is 177 g/mol. The van der Waals surface area contributed by atoms with E-state index in [2.05, 4.69) is 5.32 Å². The lowest BCUT2D eigenvalue weighted by atomic mass is 10.2. The number of hydrogen-bond acceptors (Lipinski definition) is 1. The largest absolute Gasteiger partial charge is 0.316 e. The van der Waals surface area contributed by atoms with Crippen LogP contribution in [0.2, 0.25) is 0 Å². The number of rotatable bonds is 2. The maximum Gasteiger partial charge on any atom is 0.123 e. The number of nitrogens with one attached hydrogen (secondary N) is 1. The monoisotopic (exact) mass is 199 g/mol. The molecule has 0 saturated heterocycles. The standard InChI is InChI=1S/C8H10FN.2C2H6/c1-10-6-7-3-2-4-8(9)5-7;2*1-2/h2-5,10H,6H2,1H3;2*1-2H3. The molecule has 0 aromatic heterocycles. The van der Waals surface area contributed by atoms with Gasteiger partial charge in [-0.15, -0.1) is 0 Å². The Hall–Kier alpha value is -0.890. The zero-order valence-corrected chi connectivity index (χ0v) is 9.89. The number of hydrogen-bond donors (Lipinski definition) is 1. The molecule has 0 amide bonds. The second-order valence-corrected chi connectivity index (χ2v) is 2.16. The van der Waals surface area contributed by atoms with Crippen LogP contribution in [0.3, 0.4) is 0 Å². The highest BCUT2D eigenvalue weighted by Gasteiger charge is 1.91. The molecule has 0 atom stereocenters. The van der Waals surface area contributed by atoms with E-state index in [9.17, 15) is 4.39 Å². The predicted molar refractivity (Wildman–Crippen MR) is 61.9 cm³/mol. The van der Waals surface area contributed by atoms with Gasteiger partial charge in [-0.3, -0.25) is 0 Å². The first-order chi connectivity index (χ1) is 6.83. The van der Waals surface area contributed by atoms with Gasteiger partial charge in [0.15, 0.2) is 0 Å². The lowest BCUT2D eigenvalue weighted by Crippen LogP contribution is -2.04. The van der Waals surface area contributed by atoms with E-state index in [0.29, 0.717) is 0 Å². The van der Waals surface area contributed by atoms with E-state index in [4.69, 9.17) is 0 Å². The number of halogens is 1. The fourth-order valence-electron chi connectivity index (χ4n) is 0.851. The quantitative estimate of drug-likeness (QED) is 0.767. The molecule has 0 radical (unpaired) electrons. The number of benzene rings is 1. The first kappa shape index (κ1) is 15.6. The van der Waals surface area contributed by atoms with Crippen molar-refractivity contribution in [2.75, 3.05) is 7.05 Å². The summed E-state index contributed by atoms with van der Waals surface area (Å²) in [6.45, 7) is 8.72. The van der Waals surface area contributed by atoms with Crippen molar-refractivity contribution >= 4 is 0 Å². The topological polar surface area (TPSA) is 12.0 Å². The van der Waals surface area contributed by atoms with Gasteiger partial charge in [-0.25, -0.2) is 4.39 Å². The van der Waals surface area contributed by atoms with Gasteiger partial charge in [0, 0.05) is 6.54 Å². The van der Waals surface area contributed by atoms with E-state index in [1.165, 1.54) is 12.1 Å². The highest BCUT2D eigenvalue weighted by atomic mass is 19.1. The molecule has 0 bridgehead atoms. The van der Waals surface area contributed by atoms with Crippen molar-refractivity contribution in [1.29, 1.82) is 0 Å². The fourth-order valence-corrected chi connectivity index (χ4v) is 0.851. The summed E-state index contributed by atoms with van der Waals surface area (Å²) in [7, 11) is 1.84. The molecule has 2 heteroatoms. The molecule has 0 heterocycles. The molecule has 14 heavy (non-hydrogen) atoms. The molecule has 0 aliphatic carbocycles. The summed E-state index contributed by atoms with van der Waals surface area (Å²) < 4.78 is 12.5. The van der Waals surface area contributed by atoms with E-state index in [1.807, 2.05) is 40.8 Å². The summed E-state index contributed by atoms with van der Waals surface area (Å²) in [4.78, 5) is 0. The Morgan fingerprint density at radius 3 is 2.14 bits per heavy atom. The summed E-state index contributed by atoms with van der Waals surface area (Å²) >= 11 is 0. The minimum Gasteiger partial charge on any atom is -0.316 e. The van der Waals surface area contributed by atoms with Gasteiger partial charge in [-0.2, -0.15) is 0 Å². The van der Waals surface area contributed by atoms with Gasteiger partial charge in [-0.05, 0) is 24.7 Å². The van der Waals surface area contributed by atoms with Crippen molar-refractivity contribution in [3.8, 4) is 0 Å². The average molecular weight is 199 g/mol. The molecule has 1 rings (SSSR count). The molecule has 82 valence electrons. The molecule has 0 fully saturated rings. The summed E-state index contributed by atoms with van der Waals surface area (Å²) in [5.41, 5.74) is 0.975. The Morgan fingerprint density at radius 2 is 1.71 bits per heavy atom. The maximum atomic E-state index is 12.5. The molecule has 0 aliphatic heterocycles. The van der Waals surface area contributed by atoms with Crippen molar-refractivity contribution in [3.05, 3.63) is 35.6 Å². The minimum absolute atomic E-state index is 0.173. The van der Waals surface area contributed by atoms with Gasteiger partial charge in [0.25, 0.3) is 0 Å². The van der Waals surface area contributed by atoms with E-state index >= 15 is 0 Å². The van der Waals surface area contributed by atoms with E-state index in [-0.39, 0.29) is 5.82 Å². The average Bonchev–Trinajstić information content (AvgIpc) is 2.24.